The van der Waals surface area contributed by atoms with Gasteiger partial charge in [-0.1, -0.05) is 29.3 Å². The Morgan fingerprint density at radius 3 is 2.39 bits per heavy atom. The fraction of sp³-hybridized carbons (Fsp3) is 0.278. The van der Waals surface area contributed by atoms with Crippen molar-refractivity contribution in [3.8, 4) is 5.75 Å². The topological polar surface area (TPSA) is 63.7 Å². The van der Waals surface area contributed by atoms with Crippen molar-refractivity contribution in [3.05, 3.63) is 58.1 Å². The number of hydrogen-bond donors (Lipinski definition) is 0. The molecule has 0 atom stereocenters. The highest BCUT2D eigenvalue weighted by Gasteiger charge is 2.33. The normalized spacial score (nSPS) is 16.1. The van der Waals surface area contributed by atoms with Gasteiger partial charge in [-0.2, -0.15) is 4.31 Å². The third-order valence-electron chi connectivity index (χ3n) is 4.44. The molecule has 150 valence electrons. The van der Waals surface area contributed by atoms with Crippen LogP contribution in [0.5, 0.6) is 5.75 Å². The summed E-state index contributed by atoms with van der Waals surface area (Å²) in [5, 5.41) is 0.371. The molecule has 0 saturated carbocycles. The van der Waals surface area contributed by atoms with E-state index in [1.807, 2.05) is 0 Å². The maximum absolute atomic E-state index is 13.4. The Morgan fingerprint density at radius 1 is 1.07 bits per heavy atom. The van der Waals surface area contributed by atoms with Crippen LogP contribution in [0, 0.1) is 17.6 Å². The van der Waals surface area contributed by atoms with Gasteiger partial charge in [0, 0.05) is 13.1 Å². The first-order valence-corrected chi connectivity index (χ1v) is 10.5. The van der Waals surface area contributed by atoms with Crippen LogP contribution in [0.4, 0.5) is 8.78 Å². The molecule has 0 N–H and O–H groups in total. The SMILES string of the molecule is O=C(Oc1cccc(Cl)c1Cl)C1CCN(S(=O)(=O)c2ccc(F)c(F)c2)CC1. The molecule has 1 heterocycles. The van der Waals surface area contributed by atoms with Gasteiger partial charge in [-0.15, -0.1) is 0 Å². The number of sulfonamides is 1. The maximum Gasteiger partial charge on any atom is 0.314 e. The van der Waals surface area contributed by atoms with E-state index < -0.39 is 33.5 Å². The van der Waals surface area contributed by atoms with Crippen molar-refractivity contribution in [3.63, 3.8) is 0 Å². The largest absolute Gasteiger partial charge is 0.425 e. The average molecular weight is 450 g/mol. The van der Waals surface area contributed by atoms with Crippen LogP contribution in [0.15, 0.2) is 41.3 Å². The zero-order valence-corrected chi connectivity index (χ0v) is 16.7. The summed E-state index contributed by atoms with van der Waals surface area (Å²) < 4.78 is 58.0. The summed E-state index contributed by atoms with van der Waals surface area (Å²) in [5.41, 5.74) is 0. The first-order valence-electron chi connectivity index (χ1n) is 8.31. The Balaban J connectivity index is 1.65. The second-order valence-electron chi connectivity index (χ2n) is 6.23. The summed E-state index contributed by atoms with van der Waals surface area (Å²) in [7, 11) is -3.99. The Morgan fingerprint density at radius 2 is 1.75 bits per heavy atom. The molecule has 2 aromatic carbocycles. The molecular weight excluding hydrogens is 435 g/mol. The molecule has 0 unspecified atom stereocenters. The van der Waals surface area contributed by atoms with Crippen LogP contribution in [-0.4, -0.2) is 31.8 Å². The zero-order chi connectivity index (χ0) is 20.5. The van der Waals surface area contributed by atoms with Crippen LogP contribution in [0.1, 0.15) is 12.8 Å². The van der Waals surface area contributed by atoms with Crippen LogP contribution >= 0.6 is 23.2 Å². The molecular formula is C18H15Cl2F2NO4S. The second-order valence-corrected chi connectivity index (χ2v) is 8.95. The lowest BCUT2D eigenvalue weighted by molar-refractivity contribution is -0.140. The minimum Gasteiger partial charge on any atom is -0.425 e. The minimum absolute atomic E-state index is 0.0460. The number of benzene rings is 2. The van der Waals surface area contributed by atoms with E-state index in [-0.39, 0.29) is 46.6 Å². The molecule has 0 spiro atoms. The second kappa shape index (κ2) is 8.32. The Kier molecular flexibility index (Phi) is 6.24. The average Bonchev–Trinajstić information content (AvgIpc) is 2.67. The molecule has 3 rings (SSSR count). The van der Waals surface area contributed by atoms with Crippen LogP contribution in [0.3, 0.4) is 0 Å². The summed E-state index contributed by atoms with van der Waals surface area (Å²) in [5.74, 6) is -3.28. The van der Waals surface area contributed by atoms with Gasteiger partial charge in [-0.05, 0) is 43.2 Å². The molecule has 0 amide bonds. The summed E-state index contributed by atoms with van der Waals surface area (Å²) in [6.45, 7) is 0.0920. The molecule has 0 aromatic heterocycles. The van der Waals surface area contributed by atoms with Crippen LogP contribution in [0.2, 0.25) is 10.0 Å². The van der Waals surface area contributed by atoms with Gasteiger partial charge in [-0.25, -0.2) is 17.2 Å². The standard InChI is InChI=1S/C18H15Cl2F2NO4S/c19-13-2-1-3-16(17(13)20)27-18(24)11-6-8-23(9-7-11)28(25,26)12-4-5-14(21)15(22)10-12/h1-5,10-11H,6-9H2. The molecule has 10 heteroatoms. The molecule has 1 aliphatic rings. The van der Waals surface area contributed by atoms with E-state index in [1.54, 1.807) is 12.1 Å². The van der Waals surface area contributed by atoms with Crippen molar-refractivity contribution in [2.45, 2.75) is 17.7 Å². The van der Waals surface area contributed by atoms with Crippen LogP contribution < -0.4 is 4.74 Å². The van der Waals surface area contributed by atoms with Gasteiger partial charge in [0.2, 0.25) is 10.0 Å². The third-order valence-corrected chi connectivity index (χ3v) is 7.14. The predicted octanol–water partition coefficient (Wildman–Crippen LogP) is 4.28. The molecule has 1 aliphatic heterocycles. The number of ether oxygens (including phenoxy) is 1. The van der Waals surface area contributed by atoms with Crippen molar-refractivity contribution >= 4 is 39.2 Å². The van der Waals surface area contributed by atoms with Gasteiger partial charge in [0.15, 0.2) is 17.4 Å². The van der Waals surface area contributed by atoms with Crippen molar-refractivity contribution in [1.29, 1.82) is 0 Å². The number of hydrogen-bond acceptors (Lipinski definition) is 4. The van der Waals surface area contributed by atoms with E-state index in [0.717, 1.165) is 16.4 Å². The number of piperidine rings is 1. The van der Waals surface area contributed by atoms with E-state index >= 15 is 0 Å². The van der Waals surface area contributed by atoms with E-state index in [4.69, 9.17) is 27.9 Å². The van der Waals surface area contributed by atoms with Crippen molar-refractivity contribution in [2.24, 2.45) is 5.92 Å². The summed E-state index contributed by atoms with van der Waals surface area (Å²) in [6.07, 6.45) is 0.444. The third kappa shape index (κ3) is 4.30. The highest BCUT2D eigenvalue weighted by Crippen LogP contribution is 2.33. The van der Waals surface area contributed by atoms with Gasteiger partial charge in [-0.3, -0.25) is 4.79 Å². The number of nitrogens with zero attached hydrogens (tertiary/aromatic N) is 1. The van der Waals surface area contributed by atoms with Gasteiger partial charge in [0.25, 0.3) is 0 Å². The lowest BCUT2D eigenvalue weighted by Gasteiger charge is -2.30. The molecule has 2 aromatic rings. The maximum atomic E-state index is 13.4. The van der Waals surface area contributed by atoms with Crippen LogP contribution in [0.25, 0.3) is 0 Å². The quantitative estimate of drug-likeness (QED) is 0.516. The van der Waals surface area contributed by atoms with E-state index in [1.165, 1.54) is 6.07 Å². The van der Waals surface area contributed by atoms with Crippen molar-refractivity contribution in [2.75, 3.05) is 13.1 Å². The molecule has 1 fully saturated rings. The zero-order valence-electron chi connectivity index (χ0n) is 14.4. The molecule has 0 bridgehead atoms. The Bertz CT molecular complexity index is 1010. The Hall–Kier alpha value is -1.74. The van der Waals surface area contributed by atoms with Crippen molar-refractivity contribution < 1.29 is 26.7 Å². The molecule has 28 heavy (non-hydrogen) atoms. The number of rotatable bonds is 4. The van der Waals surface area contributed by atoms with Gasteiger partial charge in [0.1, 0.15) is 5.02 Å². The highest BCUT2D eigenvalue weighted by atomic mass is 35.5. The predicted molar refractivity (Wildman–Crippen MR) is 99.9 cm³/mol. The smallest absolute Gasteiger partial charge is 0.314 e. The number of carbonyl (C=O) groups excluding carboxylic acids is 1. The van der Waals surface area contributed by atoms with Crippen LogP contribution in [-0.2, 0) is 14.8 Å². The summed E-state index contributed by atoms with van der Waals surface area (Å²) in [4.78, 5) is 12.0. The summed E-state index contributed by atoms with van der Waals surface area (Å²) >= 11 is 11.9. The monoisotopic (exact) mass is 449 g/mol. The van der Waals surface area contributed by atoms with Gasteiger partial charge >= 0.3 is 5.97 Å². The van der Waals surface area contributed by atoms with E-state index in [9.17, 15) is 22.0 Å². The summed E-state index contributed by atoms with van der Waals surface area (Å²) in [6, 6.07) is 7.08. The Labute approximate surface area is 170 Å². The molecule has 5 nitrogen and oxygen atoms in total. The lowest BCUT2D eigenvalue weighted by atomic mass is 9.98. The van der Waals surface area contributed by atoms with Crippen molar-refractivity contribution in [1.82, 2.24) is 4.31 Å². The molecule has 0 radical (unpaired) electrons. The lowest BCUT2D eigenvalue weighted by Crippen LogP contribution is -2.41. The van der Waals surface area contributed by atoms with E-state index in [0.29, 0.717) is 6.07 Å². The number of esters is 1. The molecule has 1 saturated heterocycles. The molecule has 0 aliphatic carbocycles. The minimum atomic E-state index is -3.99. The fourth-order valence-corrected chi connectivity index (χ4v) is 4.69. The highest BCUT2D eigenvalue weighted by molar-refractivity contribution is 7.89. The number of halogens is 4. The van der Waals surface area contributed by atoms with Gasteiger partial charge in [0.05, 0.1) is 15.8 Å². The fourth-order valence-electron chi connectivity index (χ4n) is 2.87. The van der Waals surface area contributed by atoms with E-state index in [2.05, 4.69) is 0 Å². The number of carbonyl (C=O) groups is 1. The van der Waals surface area contributed by atoms with Gasteiger partial charge < -0.3 is 4.74 Å². The first-order chi connectivity index (χ1) is 13.2. The first kappa shape index (κ1) is 21.0.